The standard InChI is InChI=1S/C11H14N2O/c1-2-14-10-4-3-8-5-9(7-12)13-11(8)6-10/h3-6,13H,2,7,12H2,1H3. The summed E-state index contributed by atoms with van der Waals surface area (Å²) in [4.78, 5) is 3.24. The van der Waals surface area contributed by atoms with Crippen LogP contribution in [0.4, 0.5) is 0 Å². The van der Waals surface area contributed by atoms with Gasteiger partial charge in [0.2, 0.25) is 0 Å². The minimum atomic E-state index is 0.540. The maximum absolute atomic E-state index is 5.55. The Bertz CT molecular complexity index is 434. The summed E-state index contributed by atoms with van der Waals surface area (Å²) in [5.74, 6) is 0.894. The summed E-state index contributed by atoms with van der Waals surface area (Å²) in [6.07, 6.45) is 0. The fourth-order valence-corrected chi connectivity index (χ4v) is 1.53. The normalized spacial score (nSPS) is 10.7. The van der Waals surface area contributed by atoms with Gasteiger partial charge in [0.05, 0.1) is 6.61 Å². The first-order valence-electron chi connectivity index (χ1n) is 4.78. The Kier molecular flexibility index (Phi) is 2.41. The number of aromatic nitrogens is 1. The summed E-state index contributed by atoms with van der Waals surface area (Å²) >= 11 is 0. The monoisotopic (exact) mass is 190 g/mol. The highest BCUT2D eigenvalue weighted by Crippen LogP contribution is 2.21. The van der Waals surface area contributed by atoms with Crippen LogP contribution in [-0.2, 0) is 6.54 Å². The number of aromatic amines is 1. The average Bonchev–Trinajstić information content (AvgIpc) is 2.60. The molecule has 0 saturated heterocycles. The zero-order valence-corrected chi connectivity index (χ0v) is 8.21. The number of hydrogen-bond donors (Lipinski definition) is 2. The second kappa shape index (κ2) is 3.72. The molecule has 0 atom stereocenters. The summed E-state index contributed by atoms with van der Waals surface area (Å²) in [5.41, 5.74) is 7.68. The highest BCUT2D eigenvalue weighted by Gasteiger charge is 2.00. The van der Waals surface area contributed by atoms with E-state index < -0.39 is 0 Å². The molecule has 3 nitrogen and oxygen atoms in total. The molecule has 0 unspecified atom stereocenters. The van der Waals surface area contributed by atoms with Gasteiger partial charge in [-0.05, 0) is 30.5 Å². The molecule has 1 heterocycles. The number of benzene rings is 1. The van der Waals surface area contributed by atoms with Gasteiger partial charge in [0, 0.05) is 23.8 Å². The quantitative estimate of drug-likeness (QED) is 0.778. The molecule has 0 saturated carbocycles. The van der Waals surface area contributed by atoms with Crippen LogP contribution in [0.2, 0.25) is 0 Å². The number of nitrogens with one attached hydrogen (secondary N) is 1. The van der Waals surface area contributed by atoms with Crippen LogP contribution in [0.25, 0.3) is 10.9 Å². The van der Waals surface area contributed by atoms with Gasteiger partial charge in [0.15, 0.2) is 0 Å². The molecule has 0 fully saturated rings. The maximum Gasteiger partial charge on any atom is 0.121 e. The van der Waals surface area contributed by atoms with Gasteiger partial charge in [-0.15, -0.1) is 0 Å². The van der Waals surface area contributed by atoms with E-state index in [4.69, 9.17) is 10.5 Å². The van der Waals surface area contributed by atoms with E-state index >= 15 is 0 Å². The predicted octanol–water partition coefficient (Wildman–Crippen LogP) is 2.03. The van der Waals surface area contributed by atoms with E-state index in [0.717, 1.165) is 17.0 Å². The number of rotatable bonds is 3. The molecule has 14 heavy (non-hydrogen) atoms. The van der Waals surface area contributed by atoms with Crippen LogP contribution in [0.5, 0.6) is 5.75 Å². The van der Waals surface area contributed by atoms with E-state index in [1.54, 1.807) is 0 Å². The van der Waals surface area contributed by atoms with Crippen LogP contribution in [0, 0.1) is 0 Å². The second-order valence-electron chi connectivity index (χ2n) is 3.18. The van der Waals surface area contributed by atoms with Crippen LogP contribution < -0.4 is 10.5 Å². The summed E-state index contributed by atoms with van der Waals surface area (Å²) in [6, 6.07) is 8.07. The van der Waals surface area contributed by atoms with E-state index in [1.807, 2.05) is 25.1 Å². The largest absolute Gasteiger partial charge is 0.494 e. The van der Waals surface area contributed by atoms with Crippen LogP contribution in [-0.4, -0.2) is 11.6 Å². The Hall–Kier alpha value is -1.48. The zero-order valence-electron chi connectivity index (χ0n) is 8.21. The molecule has 0 aliphatic rings. The molecule has 0 aliphatic heterocycles. The van der Waals surface area contributed by atoms with Crippen LogP contribution in [0.15, 0.2) is 24.3 Å². The summed E-state index contributed by atoms with van der Waals surface area (Å²) < 4.78 is 5.41. The van der Waals surface area contributed by atoms with Gasteiger partial charge in [0.25, 0.3) is 0 Å². The fraction of sp³-hybridized carbons (Fsp3) is 0.273. The fourth-order valence-electron chi connectivity index (χ4n) is 1.53. The Labute approximate surface area is 82.9 Å². The van der Waals surface area contributed by atoms with Gasteiger partial charge in [-0.25, -0.2) is 0 Å². The Morgan fingerprint density at radius 1 is 1.36 bits per heavy atom. The molecular weight excluding hydrogens is 176 g/mol. The molecular formula is C11H14N2O. The molecule has 1 aromatic heterocycles. The average molecular weight is 190 g/mol. The van der Waals surface area contributed by atoms with Crippen LogP contribution in [0.3, 0.4) is 0 Å². The summed E-state index contributed by atoms with van der Waals surface area (Å²) in [5, 5.41) is 1.17. The summed E-state index contributed by atoms with van der Waals surface area (Å²) in [7, 11) is 0. The SMILES string of the molecule is CCOc1ccc2cc(CN)[nH]c2c1. The molecule has 3 heteroatoms. The van der Waals surface area contributed by atoms with Crippen molar-refractivity contribution in [3.05, 3.63) is 30.0 Å². The molecule has 0 aliphatic carbocycles. The molecule has 0 bridgehead atoms. The van der Waals surface area contributed by atoms with Gasteiger partial charge < -0.3 is 15.5 Å². The summed E-state index contributed by atoms with van der Waals surface area (Å²) in [6.45, 7) is 3.21. The van der Waals surface area contributed by atoms with E-state index in [2.05, 4.69) is 11.1 Å². The van der Waals surface area contributed by atoms with Crippen molar-refractivity contribution in [3.8, 4) is 5.75 Å². The molecule has 1 aromatic carbocycles. The maximum atomic E-state index is 5.55. The van der Waals surface area contributed by atoms with Crippen molar-refractivity contribution < 1.29 is 4.74 Å². The van der Waals surface area contributed by atoms with Gasteiger partial charge in [-0.2, -0.15) is 0 Å². The number of H-pyrrole nitrogens is 1. The number of hydrogen-bond acceptors (Lipinski definition) is 2. The first-order chi connectivity index (χ1) is 6.83. The third-order valence-corrected chi connectivity index (χ3v) is 2.18. The van der Waals surface area contributed by atoms with Crippen LogP contribution >= 0.6 is 0 Å². The second-order valence-corrected chi connectivity index (χ2v) is 3.18. The predicted molar refractivity (Wildman–Crippen MR) is 57.4 cm³/mol. The Balaban J connectivity index is 2.43. The van der Waals surface area contributed by atoms with E-state index in [9.17, 15) is 0 Å². The zero-order chi connectivity index (χ0) is 9.97. The van der Waals surface area contributed by atoms with Gasteiger partial charge in [-0.1, -0.05) is 0 Å². The van der Waals surface area contributed by atoms with Gasteiger partial charge >= 0.3 is 0 Å². The molecule has 3 N–H and O–H groups in total. The van der Waals surface area contributed by atoms with Crippen LogP contribution in [0.1, 0.15) is 12.6 Å². The first-order valence-corrected chi connectivity index (χ1v) is 4.78. The van der Waals surface area contributed by atoms with Crippen molar-refractivity contribution in [1.82, 2.24) is 4.98 Å². The molecule has 0 spiro atoms. The van der Waals surface area contributed by atoms with Crippen molar-refractivity contribution in [3.63, 3.8) is 0 Å². The molecule has 0 amide bonds. The minimum Gasteiger partial charge on any atom is -0.494 e. The number of ether oxygens (including phenoxy) is 1. The van der Waals surface area contributed by atoms with Crippen molar-refractivity contribution in [1.29, 1.82) is 0 Å². The highest BCUT2D eigenvalue weighted by atomic mass is 16.5. The van der Waals surface area contributed by atoms with Crippen molar-refractivity contribution in [2.24, 2.45) is 5.73 Å². The minimum absolute atomic E-state index is 0.540. The third-order valence-electron chi connectivity index (χ3n) is 2.18. The van der Waals surface area contributed by atoms with E-state index in [0.29, 0.717) is 13.2 Å². The Morgan fingerprint density at radius 3 is 2.93 bits per heavy atom. The lowest BCUT2D eigenvalue weighted by molar-refractivity contribution is 0.340. The lowest BCUT2D eigenvalue weighted by Gasteiger charge is -2.01. The lowest BCUT2D eigenvalue weighted by Crippen LogP contribution is -1.95. The Morgan fingerprint density at radius 2 is 2.21 bits per heavy atom. The van der Waals surface area contributed by atoms with E-state index in [-0.39, 0.29) is 0 Å². The van der Waals surface area contributed by atoms with Crippen molar-refractivity contribution in [2.45, 2.75) is 13.5 Å². The number of nitrogens with two attached hydrogens (primary N) is 1. The molecule has 74 valence electrons. The van der Waals surface area contributed by atoms with E-state index in [1.165, 1.54) is 5.39 Å². The van der Waals surface area contributed by atoms with Crippen molar-refractivity contribution >= 4 is 10.9 Å². The molecule has 0 radical (unpaired) electrons. The van der Waals surface area contributed by atoms with Gasteiger partial charge in [0.1, 0.15) is 5.75 Å². The number of fused-ring (bicyclic) bond motifs is 1. The van der Waals surface area contributed by atoms with Gasteiger partial charge in [-0.3, -0.25) is 0 Å². The lowest BCUT2D eigenvalue weighted by atomic mass is 10.2. The van der Waals surface area contributed by atoms with Crippen molar-refractivity contribution in [2.75, 3.05) is 6.61 Å². The smallest absolute Gasteiger partial charge is 0.121 e. The topological polar surface area (TPSA) is 51.0 Å². The molecule has 2 rings (SSSR count). The molecule has 2 aromatic rings. The highest BCUT2D eigenvalue weighted by molar-refractivity contribution is 5.81. The third kappa shape index (κ3) is 1.59. The first kappa shape index (κ1) is 9.09.